The number of hydrogen-bond donors (Lipinski definition) is 1. The third-order valence-corrected chi connectivity index (χ3v) is 3.53. The Bertz CT molecular complexity index is 352. The van der Waals surface area contributed by atoms with Crippen LogP contribution in [-0.4, -0.2) is 17.5 Å². The largest absolute Gasteiger partial charge is 0.389 e. The first kappa shape index (κ1) is 11.3. The first-order valence-electron chi connectivity index (χ1n) is 5.95. The van der Waals surface area contributed by atoms with Crippen LogP contribution >= 0.6 is 0 Å². The van der Waals surface area contributed by atoms with E-state index >= 15 is 0 Å². The predicted octanol–water partition coefficient (Wildman–Crippen LogP) is 2.45. The molecular formula is C14H18O2. The maximum absolute atomic E-state index is 11.0. The SMILES string of the molecule is O=C(CO)CCCC1(c2ccccc2)CC1. The molecule has 16 heavy (non-hydrogen) atoms. The lowest BCUT2D eigenvalue weighted by Gasteiger charge is -2.14. The Hall–Kier alpha value is -1.15. The lowest BCUT2D eigenvalue weighted by molar-refractivity contribution is -0.121. The van der Waals surface area contributed by atoms with Gasteiger partial charge in [-0.15, -0.1) is 0 Å². The Kier molecular flexibility index (Phi) is 3.39. The van der Waals surface area contributed by atoms with Crippen LogP contribution in [-0.2, 0) is 10.2 Å². The van der Waals surface area contributed by atoms with E-state index in [9.17, 15) is 4.79 Å². The third-order valence-electron chi connectivity index (χ3n) is 3.53. The van der Waals surface area contributed by atoms with Crippen molar-refractivity contribution in [2.75, 3.05) is 6.61 Å². The highest BCUT2D eigenvalue weighted by Gasteiger charge is 2.43. The first-order chi connectivity index (χ1) is 7.77. The fourth-order valence-corrected chi connectivity index (χ4v) is 2.33. The molecule has 0 radical (unpaired) electrons. The number of Topliss-reactive ketones (excluding diaryl/α,β-unsaturated/α-hetero) is 1. The molecule has 1 saturated carbocycles. The molecule has 1 aliphatic carbocycles. The molecule has 0 amide bonds. The van der Waals surface area contributed by atoms with E-state index in [1.165, 1.54) is 18.4 Å². The monoisotopic (exact) mass is 218 g/mol. The number of carbonyl (C=O) groups is 1. The number of aliphatic hydroxyl groups is 1. The van der Waals surface area contributed by atoms with Gasteiger partial charge in [-0.3, -0.25) is 4.79 Å². The van der Waals surface area contributed by atoms with Gasteiger partial charge in [0.25, 0.3) is 0 Å². The second-order valence-corrected chi connectivity index (χ2v) is 4.70. The van der Waals surface area contributed by atoms with E-state index in [1.54, 1.807) is 0 Å². The zero-order chi connectivity index (χ0) is 11.4. The molecule has 86 valence electrons. The van der Waals surface area contributed by atoms with Crippen LogP contribution in [0, 0.1) is 0 Å². The van der Waals surface area contributed by atoms with Crippen molar-refractivity contribution in [2.45, 2.75) is 37.5 Å². The van der Waals surface area contributed by atoms with Crippen LogP contribution in [0.1, 0.15) is 37.7 Å². The third kappa shape index (κ3) is 2.50. The van der Waals surface area contributed by atoms with Crippen molar-refractivity contribution >= 4 is 5.78 Å². The minimum absolute atomic E-state index is 0.0381. The van der Waals surface area contributed by atoms with Crippen LogP contribution in [0.15, 0.2) is 30.3 Å². The van der Waals surface area contributed by atoms with Crippen molar-refractivity contribution in [3.8, 4) is 0 Å². The Labute approximate surface area is 96.3 Å². The highest BCUT2D eigenvalue weighted by molar-refractivity contribution is 5.79. The van der Waals surface area contributed by atoms with Crippen LogP contribution < -0.4 is 0 Å². The van der Waals surface area contributed by atoms with Crippen LogP contribution in [0.4, 0.5) is 0 Å². The molecule has 0 bridgehead atoms. The Morgan fingerprint density at radius 2 is 1.94 bits per heavy atom. The van der Waals surface area contributed by atoms with Gasteiger partial charge in [0.15, 0.2) is 5.78 Å². The highest BCUT2D eigenvalue weighted by atomic mass is 16.3. The van der Waals surface area contributed by atoms with Crippen LogP contribution in [0.25, 0.3) is 0 Å². The van der Waals surface area contributed by atoms with E-state index < -0.39 is 0 Å². The molecule has 2 heteroatoms. The number of carbonyl (C=O) groups excluding carboxylic acids is 1. The molecule has 0 unspecified atom stereocenters. The van der Waals surface area contributed by atoms with Crippen molar-refractivity contribution < 1.29 is 9.90 Å². The van der Waals surface area contributed by atoms with Gasteiger partial charge in [-0.05, 0) is 36.7 Å². The molecule has 0 atom stereocenters. The Balaban J connectivity index is 1.88. The maximum atomic E-state index is 11.0. The van der Waals surface area contributed by atoms with Gasteiger partial charge >= 0.3 is 0 Å². The summed E-state index contributed by atoms with van der Waals surface area (Å²) in [6, 6.07) is 10.6. The molecule has 0 aromatic heterocycles. The normalized spacial score (nSPS) is 17.1. The molecule has 0 spiro atoms. The molecule has 0 saturated heterocycles. The molecule has 1 aromatic carbocycles. The molecule has 2 rings (SSSR count). The molecular weight excluding hydrogens is 200 g/mol. The summed E-state index contributed by atoms with van der Waals surface area (Å²) < 4.78 is 0. The fourth-order valence-electron chi connectivity index (χ4n) is 2.33. The van der Waals surface area contributed by atoms with Gasteiger partial charge in [0.2, 0.25) is 0 Å². The lowest BCUT2D eigenvalue weighted by Crippen LogP contribution is -2.09. The Morgan fingerprint density at radius 3 is 2.50 bits per heavy atom. The topological polar surface area (TPSA) is 37.3 Å². The van der Waals surface area contributed by atoms with E-state index in [0.717, 1.165) is 12.8 Å². The Morgan fingerprint density at radius 1 is 1.25 bits per heavy atom. The van der Waals surface area contributed by atoms with Crippen molar-refractivity contribution in [1.82, 2.24) is 0 Å². The average molecular weight is 218 g/mol. The molecule has 0 heterocycles. The summed E-state index contributed by atoms with van der Waals surface area (Å²) in [5.41, 5.74) is 1.75. The summed E-state index contributed by atoms with van der Waals surface area (Å²) in [6.45, 7) is -0.307. The summed E-state index contributed by atoms with van der Waals surface area (Å²) in [5, 5.41) is 8.65. The summed E-state index contributed by atoms with van der Waals surface area (Å²) in [6.07, 6.45) is 4.97. The van der Waals surface area contributed by atoms with Gasteiger partial charge in [-0.1, -0.05) is 30.3 Å². The summed E-state index contributed by atoms with van der Waals surface area (Å²) >= 11 is 0. The quantitative estimate of drug-likeness (QED) is 0.796. The molecule has 1 aromatic rings. The van der Waals surface area contributed by atoms with E-state index in [2.05, 4.69) is 24.3 Å². The fraction of sp³-hybridized carbons (Fsp3) is 0.500. The van der Waals surface area contributed by atoms with Crippen LogP contribution in [0.3, 0.4) is 0 Å². The van der Waals surface area contributed by atoms with E-state index in [-0.39, 0.29) is 12.4 Å². The van der Waals surface area contributed by atoms with E-state index in [0.29, 0.717) is 11.8 Å². The van der Waals surface area contributed by atoms with E-state index in [4.69, 9.17) is 5.11 Å². The second-order valence-electron chi connectivity index (χ2n) is 4.70. The van der Waals surface area contributed by atoms with Gasteiger partial charge in [-0.25, -0.2) is 0 Å². The van der Waals surface area contributed by atoms with Crippen molar-refractivity contribution in [1.29, 1.82) is 0 Å². The number of benzene rings is 1. The average Bonchev–Trinajstić information content (AvgIpc) is 3.11. The minimum atomic E-state index is -0.307. The van der Waals surface area contributed by atoms with Gasteiger partial charge in [-0.2, -0.15) is 0 Å². The number of rotatable bonds is 6. The smallest absolute Gasteiger partial charge is 0.158 e. The highest BCUT2D eigenvalue weighted by Crippen LogP contribution is 2.51. The van der Waals surface area contributed by atoms with Crippen LogP contribution in [0.2, 0.25) is 0 Å². The zero-order valence-corrected chi connectivity index (χ0v) is 9.48. The predicted molar refractivity (Wildman–Crippen MR) is 63.3 cm³/mol. The summed E-state index contributed by atoms with van der Waals surface area (Å²) in [5.74, 6) is -0.0381. The minimum Gasteiger partial charge on any atom is -0.389 e. The number of aliphatic hydroxyl groups excluding tert-OH is 1. The van der Waals surface area contributed by atoms with E-state index in [1.807, 2.05) is 6.07 Å². The zero-order valence-electron chi connectivity index (χ0n) is 9.48. The molecule has 0 aliphatic heterocycles. The van der Waals surface area contributed by atoms with Gasteiger partial charge in [0.05, 0.1) is 0 Å². The van der Waals surface area contributed by atoms with Gasteiger partial charge in [0, 0.05) is 6.42 Å². The van der Waals surface area contributed by atoms with Crippen LogP contribution in [0.5, 0.6) is 0 Å². The van der Waals surface area contributed by atoms with Crippen molar-refractivity contribution in [2.24, 2.45) is 0 Å². The lowest BCUT2D eigenvalue weighted by atomic mass is 9.90. The first-order valence-corrected chi connectivity index (χ1v) is 5.95. The van der Waals surface area contributed by atoms with Crippen molar-refractivity contribution in [3.05, 3.63) is 35.9 Å². The molecule has 2 nitrogen and oxygen atoms in total. The standard InChI is InChI=1S/C14H18O2/c15-11-13(16)7-4-8-14(9-10-14)12-5-2-1-3-6-12/h1-3,5-6,15H,4,7-11H2. The maximum Gasteiger partial charge on any atom is 0.158 e. The number of ketones is 1. The summed E-state index contributed by atoms with van der Waals surface area (Å²) in [7, 11) is 0. The van der Waals surface area contributed by atoms with Crippen molar-refractivity contribution in [3.63, 3.8) is 0 Å². The van der Waals surface area contributed by atoms with Gasteiger partial charge < -0.3 is 5.11 Å². The summed E-state index contributed by atoms with van der Waals surface area (Å²) in [4.78, 5) is 11.0. The number of hydrogen-bond acceptors (Lipinski definition) is 2. The molecule has 1 N–H and O–H groups in total. The van der Waals surface area contributed by atoms with Gasteiger partial charge in [0.1, 0.15) is 6.61 Å². The molecule has 1 fully saturated rings. The molecule has 1 aliphatic rings. The second kappa shape index (κ2) is 4.79.